The molecule has 0 N–H and O–H groups in total. The summed E-state index contributed by atoms with van der Waals surface area (Å²) in [6.45, 7) is 0. The van der Waals surface area contributed by atoms with E-state index in [1.165, 1.54) is 0 Å². The fourth-order valence-electron chi connectivity index (χ4n) is 2.17. The smallest absolute Gasteiger partial charge is 0.321 e. The first-order chi connectivity index (χ1) is 6.61. The van der Waals surface area contributed by atoms with Crippen LogP contribution in [0.5, 0.6) is 0 Å². The summed E-state index contributed by atoms with van der Waals surface area (Å²) in [6, 6.07) is 0.0870. The van der Waals surface area contributed by atoms with Gasteiger partial charge in [0.25, 0.3) is 0 Å². The minimum absolute atomic E-state index is 0.0870. The second kappa shape index (κ2) is 3.20. The largest absolute Gasteiger partial charge is 0.392 e. The Morgan fingerprint density at radius 3 is 2.71 bits per heavy atom. The number of carbonyl (C=O) groups excluding carboxylic acids is 2. The van der Waals surface area contributed by atoms with Gasteiger partial charge in [0.15, 0.2) is 0 Å². The number of hydrogen-bond donors (Lipinski definition) is 0. The van der Waals surface area contributed by atoms with Crippen LogP contribution in [0, 0.1) is 11.8 Å². The minimum atomic E-state index is -0.400. The molecule has 0 radical (unpaired) electrons. The molecule has 4 nitrogen and oxygen atoms in total. The highest BCUT2D eigenvalue weighted by molar-refractivity contribution is 5.98. The molecule has 1 fully saturated rings. The van der Waals surface area contributed by atoms with Crippen LogP contribution < -0.4 is 0 Å². The zero-order valence-electron chi connectivity index (χ0n) is 8.27. The van der Waals surface area contributed by atoms with E-state index in [1.54, 1.807) is 6.08 Å². The first-order valence-electron chi connectivity index (χ1n) is 4.70. The third-order valence-electron chi connectivity index (χ3n) is 2.93. The van der Waals surface area contributed by atoms with Gasteiger partial charge in [0.05, 0.1) is 11.8 Å². The van der Waals surface area contributed by atoms with Gasteiger partial charge >= 0.3 is 11.9 Å². The lowest BCUT2D eigenvalue weighted by Crippen LogP contribution is -2.41. The predicted octanol–water partition coefficient (Wildman–Crippen LogP) is 0.192. The Bertz CT molecular complexity index is 308. The molecule has 0 spiro atoms. The average molecular weight is 195 g/mol. The molecule has 0 aromatic rings. The summed E-state index contributed by atoms with van der Waals surface area (Å²) >= 11 is 0. The van der Waals surface area contributed by atoms with E-state index < -0.39 is 5.97 Å². The van der Waals surface area contributed by atoms with E-state index in [1.807, 2.05) is 25.1 Å². The molecule has 1 saturated heterocycles. The number of ether oxygens (including phenoxy) is 1. The van der Waals surface area contributed by atoms with Crippen molar-refractivity contribution in [2.75, 3.05) is 14.1 Å². The van der Waals surface area contributed by atoms with Gasteiger partial charge in [-0.1, -0.05) is 12.2 Å². The third-order valence-corrected chi connectivity index (χ3v) is 2.93. The van der Waals surface area contributed by atoms with Crippen molar-refractivity contribution in [1.29, 1.82) is 0 Å². The normalized spacial score (nSPS) is 36.1. The molecule has 3 unspecified atom stereocenters. The van der Waals surface area contributed by atoms with Gasteiger partial charge in [-0.3, -0.25) is 9.59 Å². The van der Waals surface area contributed by atoms with Crippen LogP contribution in [-0.4, -0.2) is 37.0 Å². The van der Waals surface area contributed by atoms with Crippen LogP contribution in [0.3, 0.4) is 0 Å². The minimum Gasteiger partial charge on any atom is -0.392 e. The quantitative estimate of drug-likeness (QED) is 0.340. The third kappa shape index (κ3) is 1.26. The molecule has 1 heterocycles. The molecule has 1 aliphatic heterocycles. The molecule has 0 aromatic heterocycles. The highest BCUT2D eigenvalue weighted by Gasteiger charge is 2.48. The van der Waals surface area contributed by atoms with E-state index in [4.69, 9.17) is 0 Å². The first kappa shape index (κ1) is 9.40. The first-order valence-corrected chi connectivity index (χ1v) is 4.70. The molecule has 0 amide bonds. The SMILES string of the molecule is CN(C)C1CC=CC2C(=O)OC(=O)C21. The van der Waals surface area contributed by atoms with Crippen LogP contribution in [0.2, 0.25) is 0 Å². The fourth-order valence-corrected chi connectivity index (χ4v) is 2.17. The van der Waals surface area contributed by atoms with E-state index >= 15 is 0 Å². The van der Waals surface area contributed by atoms with Crippen LogP contribution in [0.4, 0.5) is 0 Å². The average Bonchev–Trinajstić information content (AvgIpc) is 2.43. The summed E-state index contributed by atoms with van der Waals surface area (Å²) < 4.78 is 4.63. The fraction of sp³-hybridized carbons (Fsp3) is 0.600. The number of hydrogen-bond acceptors (Lipinski definition) is 4. The highest BCUT2D eigenvalue weighted by Crippen LogP contribution is 2.34. The van der Waals surface area contributed by atoms with Crippen LogP contribution >= 0.6 is 0 Å². The molecule has 0 bridgehead atoms. The van der Waals surface area contributed by atoms with Crippen molar-refractivity contribution in [3.63, 3.8) is 0 Å². The second-order valence-corrected chi connectivity index (χ2v) is 3.99. The number of nitrogens with zero attached hydrogens (tertiary/aromatic N) is 1. The molecule has 0 aromatic carbocycles. The molecular weight excluding hydrogens is 182 g/mol. The molecule has 14 heavy (non-hydrogen) atoms. The zero-order chi connectivity index (χ0) is 10.3. The Hall–Kier alpha value is -1.16. The number of rotatable bonds is 1. The van der Waals surface area contributed by atoms with Crippen LogP contribution in [0.25, 0.3) is 0 Å². The summed E-state index contributed by atoms with van der Waals surface area (Å²) in [7, 11) is 3.83. The van der Waals surface area contributed by atoms with Gasteiger partial charge in [0, 0.05) is 6.04 Å². The number of fused-ring (bicyclic) bond motifs is 1. The summed E-state index contributed by atoms with van der Waals surface area (Å²) in [6.07, 6.45) is 4.54. The lowest BCUT2D eigenvalue weighted by Gasteiger charge is -2.30. The molecule has 3 atom stereocenters. The van der Waals surface area contributed by atoms with Crippen molar-refractivity contribution in [2.45, 2.75) is 12.5 Å². The summed E-state index contributed by atoms with van der Waals surface area (Å²) in [4.78, 5) is 24.7. The van der Waals surface area contributed by atoms with Crippen molar-refractivity contribution in [3.8, 4) is 0 Å². The predicted molar refractivity (Wildman–Crippen MR) is 49.3 cm³/mol. The topological polar surface area (TPSA) is 46.6 Å². The Labute approximate surface area is 82.5 Å². The Morgan fingerprint density at radius 2 is 2.07 bits per heavy atom. The second-order valence-electron chi connectivity index (χ2n) is 3.99. The highest BCUT2D eigenvalue weighted by atomic mass is 16.6. The standard InChI is InChI=1S/C10H13NO3/c1-11(2)7-5-3-4-6-8(7)10(13)14-9(6)12/h3-4,6-8H,5H2,1-2H3. The van der Waals surface area contributed by atoms with Gasteiger partial charge < -0.3 is 9.64 Å². The maximum atomic E-state index is 11.4. The van der Waals surface area contributed by atoms with Crippen LogP contribution in [-0.2, 0) is 14.3 Å². The van der Waals surface area contributed by atoms with Gasteiger partial charge in [0.1, 0.15) is 0 Å². The van der Waals surface area contributed by atoms with E-state index in [0.29, 0.717) is 0 Å². The lowest BCUT2D eigenvalue weighted by atomic mass is 9.81. The van der Waals surface area contributed by atoms with Gasteiger partial charge in [-0.2, -0.15) is 0 Å². The van der Waals surface area contributed by atoms with Gasteiger partial charge in [-0.25, -0.2) is 0 Å². The van der Waals surface area contributed by atoms with E-state index in [0.717, 1.165) is 6.42 Å². The van der Waals surface area contributed by atoms with E-state index in [2.05, 4.69) is 4.74 Å². The maximum absolute atomic E-state index is 11.4. The molecular formula is C10H13NO3. The van der Waals surface area contributed by atoms with E-state index in [-0.39, 0.29) is 23.8 Å². The summed E-state index contributed by atoms with van der Waals surface area (Å²) in [5, 5.41) is 0. The number of carbonyl (C=O) groups is 2. The van der Waals surface area contributed by atoms with Gasteiger partial charge in [0.2, 0.25) is 0 Å². The Kier molecular flexibility index (Phi) is 2.15. The molecule has 2 aliphatic rings. The number of esters is 2. The Balaban J connectivity index is 2.30. The zero-order valence-corrected chi connectivity index (χ0v) is 8.27. The van der Waals surface area contributed by atoms with Crippen LogP contribution in [0.15, 0.2) is 12.2 Å². The summed E-state index contributed by atoms with van der Waals surface area (Å²) in [5.74, 6) is -1.43. The number of cyclic esters (lactones) is 2. The molecule has 0 saturated carbocycles. The van der Waals surface area contributed by atoms with Crippen LogP contribution in [0.1, 0.15) is 6.42 Å². The van der Waals surface area contributed by atoms with Crippen molar-refractivity contribution >= 4 is 11.9 Å². The Morgan fingerprint density at radius 1 is 1.36 bits per heavy atom. The summed E-state index contributed by atoms with van der Waals surface area (Å²) in [5.41, 5.74) is 0. The van der Waals surface area contributed by atoms with Crippen molar-refractivity contribution in [2.24, 2.45) is 11.8 Å². The lowest BCUT2D eigenvalue weighted by molar-refractivity contribution is -0.153. The van der Waals surface area contributed by atoms with E-state index in [9.17, 15) is 9.59 Å². The van der Waals surface area contributed by atoms with Crippen molar-refractivity contribution < 1.29 is 14.3 Å². The monoisotopic (exact) mass is 195 g/mol. The molecule has 76 valence electrons. The van der Waals surface area contributed by atoms with Crippen molar-refractivity contribution in [1.82, 2.24) is 4.90 Å². The maximum Gasteiger partial charge on any atom is 0.321 e. The molecule has 1 aliphatic carbocycles. The van der Waals surface area contributed by atoms with Gasteiger partial charge in [-0.05, 0) is 20.5 Å². The van der Waals surface area contributed by atoms with Gasteiger partial charge in [-0.15, -0.1) is 0 Å². The molecule has 4 heteroatoms. The van der Waals surface area contributed by atoms with Crippen molar-refractivity contribution in [3.05, 3.63) is 12.2 Å². The molecule has 2 rings (SSSR count).